The molecule has 138 valence electrons. The third kappa shape index (κ3) is 4.71. The Labute approximate surface area is 154 Å². The third-order valence-electron chi connectivity index (χ3n) is 4.91. The average molecular weight is 354 g/mol. The van der Waals surface area contributed by atoms with Crippen molar-refractivity contribution in [1.82, 2.24) is 14.7 Å². The van der Waals surface area contributed by atoms with Gasteiger partial charge in [-0.15, -0.1) is 0 Å². The predicted molar refractivity (Wildman–Crippen MR) is 101 cm³/mol. The summed E-state index contributed by atoms with van der Waals surface area (Å²) >= 11 is 0. The minimum Gasteiger partial charge on any atom is -0.343 e. The van der Waals surface area contributed by atoms with Gasteiger partial charge in [0, 0.05) is 32.5 Å². The van der Waals surface area contributed by atoms with Gasteiger partial charge >= 0.3 is 0 Å². The zero-order valence-corrected chi connectivity index (χ0v) is 15.2. The first-order valence-corrected chi connectivity index (χ1v) is 9.26. The number of hydrogen-bond acceptors (Lipinski definition) is 3. The van der Waals surface area contributed by atoms with Gasteiger partial charge in [-0.25, -0.2) is 4.68 Å². The van der Waals surface area contributed by atoms with Crippen molar-refractivity contribution in [2.24, 2.45) is 0 Å². The minimum atomic E-state index is 0.0175. The summed E-state index contributed by atoms with van der Waals surface area (Å²) in [5, 5.41) is 7.38. The lowest BCUT2D eigenvalue weighted by Crippen LogP contribution is -2.38. The van der Waals surface area contributed by atoms with Crippen LogP contribution >= 0.6 is 0 Å². The van der Waals surface area contributed by atoms with E-state index in [0.717, 1.165) is 44.6 Å². The highest BCUT2D eigenvalue weighted by Crippen LogP contribution is 2.25. The van der Waals surface area contributed by atoms with E-state index in [1.807, 2.05) is 33.8 Å². The maximum absolute atomic E-state index is 12.3. The van der Waals surface area contributed by atoms with Crippen LogP contribution in [0.15, 0.2) is 42.6 Å². The number of carbonyl (C=O) groups is 2. The van der Waals surface area contributed by atoms with E-state index in [0.29, 0.717) is 6.42 Å². The molecule has 2 aromatic rings. The standard InChI is InChI=1S/C20H26N4O2/c1-16(25)23-14-11-18(12-15-23)24-19(10-13-21-24)22-20(26)9-5-8-17-6-3-2-4-7-17/h2-4,6-7,10,13,18H,5,8-9,11-12,14-15H2,1H3,(H,22,26). The second-order valence-corrected chi connectivity index (χ2v) is 6.79. The summed E-state index contributed by atoms with van der Waals surface area (Å²) in [6.45, 7) is 3.09. The zero-order valence-electron chi connectivity index (χ0n) is 15.2. The van der Waals surface area contributed by atoms with E-state index in [2.05, 4.69) is 22.5 Å². The van der Waals surface area contributed by atoms with Gasteiger partial charge in [0.2, 0.25) is 11.8 Å². The fraction of sp³-hybridized carbons (Fsp3) is 0.450. The number of nitrogens with one attached hydrogen (secondary N) is 1. The third-order valence-corrected chi connectivity index (χ3v) is 4.91. The van der Waals surface area contributed by atoms with Crippen LogP contribution in [0.4, 0.5) is 5.82 Å². The molecule has 1 aliphatic rings. The number of carbonyl (C=O) groups excluding carboxylic acids is 2. The SMILES string of the molecule is CC(=O)N1CCC(n2nccc2NC(=O)CCCc2ccccc2)CC1. The lowest BCUT2D eigenvalue weighted by molar-refractivity contribution is -0.130. The summed E-state index contributed by atoms with van der Waals surface area (Å²) in [5.74, 6) is 0.885. The van der Waals surface area contributed by atoms with Crippen LogP contribution in [0.1, 0.15) is 44.2 Å². The number of piperidine rings is 1. The van der Waals surface area contributed by atoms with Gasteiger partial charge in [-0.1, -0.05) is 30.3 Å². The zero-order chi connectivity index (χ0) is 18.4. The molecule has 6 heteroatoms. The van der Waals surface area contributed by atoms with Crippen molar-refractivity contribution in [3.63, 3.8) is 0 Å². The summed E-state index contributed by atoms with van der Waals surface area (Å²) < 4.78 is 1.90. The first-order chi connectivity index (χ1) is 12.6. The van der Waals surface area contributed by atoms with Crippen molar-refractivity contribution in [2.45, 2.75) is 45.1 Å². The summed E-state index contributed by atoms with van der Waals surface area (Å²) in [6, 6.07) is 12.3. The normalized spacial score (nSPS) is 15.0. The summed E-state index contributed by atoms with van der Waals surface area (Å²) in [6.07, 6.45) is 5.65. The van der Waals surface area contributed by atoms with Crippen molar-refractivity contribution in [2.75, 3.05) is 18.4 Å². The molecule has 0 unspecified atom stereocenters. The van der Waals surface area contributed by atoms with Gasteiger partial charge in [-0.2, -0.15) is 5.10 Å². The van der Waals surface area contributed by atoms with Crippen molar-refractivity contribution in [1.29, 1.82) is 0 Å². The van der Waals surface area contributed by atoms with E-state index >= 15 is 0 Å². The fourth-order valence-electron chi connectivity index (χ4n) is 3.43. The molecule has 1 saturated heterocycles. The fourth-order valence-corrected chi connectivity index (χ4v) is 3.43. The first kappa shape index (κ1) is 18.2. The van der Waals surface area contributed by atoms with E-state index in [9.17, 15) is 9.59 Å². The Morgan fingerprint density at radius 1 is 1.15 bits per heavy atom. The van der Waals surface area contributed by atoms with Gasteiger partial charge in [0.1, 0.15) is 5.82 Å². The smallest absolute Gasteiger partial charge is 0.225 e. The molecule has 1 fully saturated rings. The number of nitrogens with zero attached hydrogens (tertiary/aromatic N) is 3. The molecule has 2 amide bonds. The molecular weight excluding hydrogens is 328 g/mol. The highest BCUT2D eigenvalue weighted by molar-refractivity contribution is 5.89. The Morgan fingerprint density at radius 3 is 2.58 bits per heavy atom. The van der Waals surface area contributed by atoms with Crippen molar-refractivity contribution < 1.29 is 9.59 Å². The number of aromatic nitrogens is 2. The van der Waals surface area contributed by atoms with E-state index in [-0.39, 0.29) is 17.9 Å². The molecule has 1 aliphatic heterocycles. The highest BCUT2D eigenvalue weighted by Gasteiger charge is 2.24. The van der Waals surface area contributed by atoms with E-state index in [1.54, 1.807) is 13.1 Å². The number of amides is 2. The second-order valence-electron chi connectivity index (χ2n) is 6.79. The average Bonchev–Trinajstić information content (AvgIpc) is 3.10. The topological polar surface area (TPSA) is 67.2 Å². The summed E-state index contributed by atoms with van der Waals surface area (Å²) in [4.78, 5) is 25.6. The molecule has 1 aromatic carbocycles. The molecule has 6 nitrogen and oxygen atoms in total. The Balaban J connectivity index is 1.49. The van der Waals surface area contributed by atoms with Crippen LogP contribution in [0.5, 0.6) is 0 Å². The molecule has 0 saturated carbocycles. The number of anilines is 1. The van der Waals surface area contributed by atoms with Gasteiger partial charge in [0.25, 0.3) is 0 Å². The Kier molecular flexibility index (Phi) is 6.04. The maximum atomic E-state index is 12.3. The molecular formula is C20H26N4O2. The first-order valence-electron chi connectivity index (χ1n) is 9.26. The minimum absolute atomic E-state index is 0.0175. The van der Waals surface area contributed by atoms with Crippen LogP contribution in [0, 0.1) is 0 Å². The van der Waals surface area contributed by atoms with Crippen LogP contribution in [-0.2, 0) is 16.0 Å². The van der Waals surface area contributed by atoms with Crippen LogP contribution in [-0.4, -0.2) is 39.6 Å². The Hall–Kier alpha value is -2.63. The van der Waals surface area contributed by atoms with Gasteiger partial charge in [0.15, 0.2) is 0 Å². The number of rotatable bonds is 6. The van der Waals surface area contributed by atoms with Crippen LogP contribution < -0.4 is 5.32 Å². The van der Waals surface area contributed by atoms with Crippen LogP contribution in [0.3, 0.4) is 0 Å². The quantitative estimate of drug-likeness (QED) is 0.867. The summed E-state index contributed by atoms with van der Waals surface area (Å²) in [5.41, 5.74) is 1.25. The van der Waals surface area contributed by atoms with Gasteiger partial charge in [-0.3, -0.25) is 9.59 Å². The molecule has 0 atom stereocenters. The molecule has 0 spiro atoms. The second kappa shape index (κ2) is 8.65. The Bertz CT molecular complexity index is 733. The molecule has 26 heavy (non-hydrogen) atoms. The van der Waals surface area contributed by atoms with Crippen molar-refractivity contribution in [3.8, 4) is 0 Å². The number of aryl methyl sites for hydroxylation is 1. The number of hydrogen-bond donors (Lipinski definition) is 1. The molecule has 0 aliphatic carbocycles. The van der Waals surface area contributed by atoms with Gasteiger partial charge in [0.05, 0.1) is 12.2 Å². The molecule has 1 N–H and O–H groups in total. The van der Waals surface area contributed by atoms with Crippen LogP contribution in [0.25, 0.3) is 0 Å². The van der Waals surface area contributed by atoms with E-state index in [1.165, 1.54) is 5.56 Å². The van der Waals surface area contributed by atoms with E-state index in [4.69, 9.17) is 0 Å². The highest BCUT2D eigenvalue weighted by atomic mass is 16.2. The molecule has 0 bridgehead atoms. The van der Waals surface area contributed by atoms with Gasteiger partial charge in [-0.05, 0) is 31.2 Å². The Morgan fingerprint density at radius 2 is 1.88 bits per heavy atom. The van der Waals surface area contributed by atoms with Gasteiger partial charge < -0.3 is 10.2 Å². The van der Waals surface area contributed by atoms with Crippen molar-refractivity contribution >= 4 is 17.6 Å². The number of benzene rings is 1. The summed E-state index contributed by atoms with van der Waals surface area (Å²) in [7, 11) is 0. The van der Waals surface area contributed by atoms with Crippen molar-refractivity contribution in [3.05, 3.63) is 48.2 Å². The lowest BCUT2D eigenvalue weighted by Gasteiger charge is -2.32. The molecule has 1 aromatic heterocycles. The largest absolute Gasteiger partial charge is 0.343 e. The van der Waals surface area contributed by atoms with Crippen LogP contribution in [0.2, 0.25) is 0 Å². The van der Waals surface area contributed by atoms with E-state index < -0.39 is 0 Å². The predicted octanol–water partition coefficient (Wildman–Crippen LogP) is 3.03. The molecule has 3 rings (SSSR count). The monoisotopic (exact) mass is 354 g/mol. The maximum Gasteiger partial charge on any atom is 0.225 e. The number of likely N-dealkylation sites (tertiary alicyclic amines) is 1. The lowest BCUT2D eigenvalue weighted by atomic mass is 10.1. The molecule has 0 radical (unpaired) electrons. The molecule has 2 heterocycles.